The molecule has 6 heteroatoms. The summed E-state index contributed by atoms with van der Waals surface area (Å²) >= 11 is 3.37. The minimum atomic E-state index is -0.214. The van der Waals surface area contributed by atoms with Crippen molar-refractivity contribution in [3.05, 3.63) is 34.6 Å². The van der Waals surface area contributed by atoms with Gasteiger partial charge in [0.05, 0.1) is 18.9 Å². The summed E-state index contributed by atoms with van der Waals surface area (Å²) in [6.45, 7) is 0. The Kier molecular flexibility index (Phi) is 3.10. The molecule has 5 nitrogen and oxygen atoms in total. The van der Waals surface area contributed by atoms with Gasteiger partial charge in [-0.3, -0.25) is 4.79 Å². The second-order valence-corrected chi connectivity index (χ2v) is 5.35. The molecule has 2 atom stereocenters. The molecule has 0 spiro atoms. The maximum absolute atomic E-state index is 11.4. The first-order valence-corrected chi connectivity index (χ1v) is 6.65. The first-order valence-electron chi connectivity index (χ1n) is 5.86. The van der Waals surface area contributed by atoms with Crippen LogP contribution >= 0.6 is 15.9 Å². The lowest BCUT2D eigenvalue weighted by Gasteiger charge is -1.94. The summed E-state index contributed by atoms with van der Waals surface area (Å²) in [6, 6.07) is 7.65. The number of benzene rings is 1. The Labute approximate surface area is 118 Å². The van der Waals surface area contributed by atoms with E-state index >= 15 is 0 Å². The molecule has 98 valence electrons. The van der Waals surface area contributed by atoms with Gasteiger partial charge in [-0.15, -0.1) is 0 Å². The van der Waals surface area contributed by atoms with Crippen molar-refractivity contribution in [2.45, 2.75) is 12.3 Å². The molecule has 0 bridgehead atoms. The van der Waals surface area contributed by atoms with Gasteiger partial charge in [-0.2, -0.15) is 4.98 Å². The molecule has 0 aliphatic heterocycles. The van der Waals surface area contributed by atoms with Crippen molar-refractivity contribution in [2.24, 2.45) is 5.92 Å². The summed E-state index contributed by atoms with van der Waals surface area (Å²) in [4.78, 5) is 15.7. The molecule has 3 rings (SSSR count). The zero-order valence-electron chi connectivity index (χ0n) is 10.2. The maximum atomic E-state index is 11.4. The van der Waals surface area contributed by atoms with E-state index in [1.54, 1.807) is 0 Å². The van der Waals surface area contributed by atoms with Gasteiger partial charge in [0.15, 0.2) is 0 Å². The van der Waals surface area contributed by atoms with Crippen LogP contribution in [0.2, 0.25) is 0 Å². The first-order chi connectivity index (χ1) is 9.19. The number of aromatic nitrogens is 2. The van der Waals surface area contributed by atoms with Crippen molar-refractivity contribution in [1.29, 1.82) is 0 Å². The number of ether oxygens (including phenoxy) is 1. The van der Waals surface area contributed by atoms with Crippen LogP contribution < -0.4 is 0 Å². The molecule has 1 fully saturated rings. The van der Waals surface area contributed by atoms with Gasteiger partial charge in [-0.25, -0.2) is 0 Å². The van der Waals surface area contributed by atoms with Crippen LogP contribution in [0.1, 0.15) is 18.2 Å². The highest BCUT2D eigenvalue weighted by Crippen LogP contribution is 2.47. The predicted molar refractivity (Wildman–Crippen MR) is 70.3 cm³/mol. The van der Waals surface area contributed by atoms with Gasteiger partial charge < -0.3 is 9.26 Å². The number of methoxy groups -OCH3 is 1. The molecule has 0 amide bonds. The predicted octanol–water partition coefficient (Wildman–Crippen LogP) is 2.78. The van der Waals surface area contributed by atoms with E-state index in [4.69, 9.17) is 9.26 Å². The molecule has 1 aromatic carbocycles. The third kappa shape index (κ3) is 2.40. The SMILES string of the molecule is COC(=O)C1CC1c1nc(-c2ccc(Br)cc2)no1. The number of carbonyl (C=O) groups excluding carboxylic acids is 1. The van der Waals surface area contributed by atoms with E-state index in [0.29, 0.717) is 18.1 Å². The second kappa shape index (κ2) is 4.77. The lowest BCUT2D eigenvalue weighted by molar-refractivity contribution is -0.142. The summed E-state index contributed by atoms with van der Waals surface area (Å²) < 4.78 is 10.9. The number of hydrogen-bond donors (Lipinski definition) is 0. The summed E-state index contributed by atoms with van der Waals surface area (Å²) in [6.07, 6.45) is 0.717. The van der Waals surface area contributed by atoms with E-state index in [-0.39, 0.29) is 17.8 Å². The normalized spacial score (nSPS) is 21.2. The van der Waals surface area contributed by atoms with Gasteiger partial charge in [0.25, 0.3) is 0 Å². The Morgan fingerprint density at radius 3 is 2.84 bits per heavy atom. The average molecular weight is 323 g/mol. The molecule has 0 radical (unpaired) electrons. The Hall–Kier alpha value is -1.69. The standard InChI is InChI=1S/C13H11BrN2O3/c1-18-13(17)10-6-9(10)12-15-11(16-19-12)7-2-4-8(14)5-3-7/h2-5,9-10H,6H2,1H3. The summed E-state index contributed by atoms with van der Waals surface area (Å²) in [5, 5.41) is 3.94. The van der Waals surface area contributed by atoms with Crippen molar-refractivity contribution in [3.63, 3.8) is 0 Å². The fourth-order valence-electron chi connectivity index (χ4n) is 1.98. The molecular weight excluding hydrogens is 312 g/mol. The maximum Gasteiger partial charge on any atom is 0.309 e. The lowest BCUT2D eigenvalue weighted by atomic mass is 10.2. The lowest BCUT2D eigenvalue weighted by Crippen LogP contribution is -2.03. The van der Waals surface area contributed by atoms with Gasteiger partial charge in [-0.1, -0.05) is 21.1 Å². The average Bonchev–Trinajstić information content (AvgIpc) is 3.08. The number of esters is 1. The number of nitrogens with zero attached hydrogens (tertiary/aromatic N) is 2. The molecule has 19 heavy (non-hydrogen) atoms. The van der Waals surface area contributed by atoms with E-state index in [1.807, 2.05) is 24.3 Å². The van der Waals surface area contributed by atoms with Crippen LogP contribution in [0.3, 0.4) is 0 Å². The van der Waals surface area contributed by atoms with Gasteiger partial charge in [-0.05, 0) is 30.7 Å². The highest BCUT2D eigenvalue weighted by atomic mass is 79.9. The summed E-state index contributed by atoms with van der Waals surface area (Å²) in [5.74, 6) is 0.701. The first kappa shape index (κ1) is 12.3. The van der Waals surface area contributed by atoms with Crippen molar-refractivity contribution < 1.29 is 14.1 Å². The minimum Gasteiger partial charge on any atom is -0.469 e. The van der Waals surface area contributed by atoms with Gasteiger partial charge in [0.1, 0.15) is 0 Å². The van der Waals surface area contributed by atoms with Crippen molar-refractivity contribution in [3.8, 4) is 11.4 Å². The monoisotopic (exact) mass is 322 g/mol. The number of rotatable bonds is 3. The smallest absolute Gasteiger partial charge is 0.309 e. The van der Waals surface area contributed by atoms with Crippen LogP contribution in [0.25, 0.3) is 11.4 Å². The third-order valence-corrected chi connectivity index (χ3v) is 3.68. The van der Waals surface area contributed by atoms with E-state index < -0.39 is 0 Å². The highest BCUT2D eigenvalue weighted by Gasteiger charge is 2.48. The molecule has 2 aromatic rings. The number of carbonyl (C=O) groups is 1. The molecular formula is C13H11BrN2O3. The van der Waals surface area contributed by atoms with E-state index in [0.717, 1.165) is 10.0 Å². The van der Waals surface area contributed by atoms with Gasteiger partial charge >= 0.3 is 5.97 Å². The van der Waals surface area contributed by atoms with Crippen LogP contribution in [-0.4, -0.2) is 23.2 Å². The molecule has 0 N–H and O–H groups in total. The van der Waals surface area contributed by atoms with E-state index in [9.17, 15) is 4.79 Å². The number of halogens is 1. The number of hydrogen-bond acceptors (Lipinski definition) is 5. The van der Waals surface area contributed by atoms with Gasteiger partial charge in [0.2, 0.25) is 11.7 Å². The second-order valence-electron chi connectivity index (χ2n) is 4.43. The molecule has 1 aliphatic carbocycles. The molecule has 1 aromatic heterocycles. The zero-order chi connectivity index (χ0) is 13.4. The van der Waals surface area contributed by atoms with Crippen LogP contribution in [0.15, 0.2) is 33.3 Å². The van der Waals surface area contributed by atoms with E-state index in [2.05, 4.69) is 26.1 Å². The third-order valence-electron chi connectivity index (χ3n) is 3.16. The Bertz CT molecular complexity index is 609. The fourth-order valence-corrected chi connectivity index (χ4v) is 2.25. The van der Waals surface area contributed by atoms with Crippen molar-refractivity contribution >= 4 is 21.9 Å². The molecule has 2 unspecified atom stereocenters. The Morgan fingerprint density at radius 1 is 1.42 bits per heavy atom. The topological polar surface area (TPSA) is 65.2 Å². The molecule has 1 aliphatic rings. The van der Waals surface area contributed by atoms with Crippen molar-refractivity contribution in [1.82, 2.24) is 10.1 Å². The highest BCUT2D eigenvalue weighted by molar-refractivity contribution is 9.10. The molecule has 0 saturated heterocycles. The Balaban J connectivity index is 1.78. The molecule has 1 saturated carbocycles. The fraction of sp³-hybridized carbons (Fsp3) is 0.308. The van der Waals surface area contributed by atoms with Crippen LogP contribution in [0.5, 0.6) is 0 Å². The van der Waals surface area contributed by atoms with Crippen LogP contribution in [0, 0.1) is 5.92 Å². The largest absolute Gasteiger partial charge is 0.469 e. The molecule has 1 heterocycles. The quantitative estimate of drug-likeness (QED) is 0.813. The Morgan fingerprint density at radius 2 is 2.16 bits per heavy atom. The van der Waals surface area contributed by atoms with Crippen LogP contribution in [0.4, 0.5) is 0 Å². The van der Waals surface area contributed by atoms with Crippen LogP contribution in [-0.2, 0) is 9.53 Å². The zero-order valence-corrected chi connectivity index (χ0v) is 11.8. The van der Waals surface area contributed by atoms with E-state index in [1.165, 1.54) is 7.11 Å². The minimum absolute atomic E-state index is 0.00384. The van der Waals surface area contributed by atoms with Crippen molar-refractivity contribution in [2.75, 3.05) is 7.11 Å². The summed E-state index contributed by atoms with van der Waals surface area (Å²) in [5.41, 5.74) is 0.883. The summed E-state index contributed by atoms with van der Waals surface area (Å²) in [7, 11) is 1.39. The van der Waals surface area contributed by atoms with Gasteiger partial charge in [0, 0.05) is 10.0 Å².